The summed E-state index contributed by atoms with van der Waals surface area (Å²) in [5.41, 5.74) is 5.57. The molecule has 0 aromatic carbocycles. The van der Waals surface area contributed by atoms with Crippen molar-refractivity contribution < 1.29 is 4.74 Å². The standard InChI is InChI=1S/C11H22N2O/c12-6-3-5-10-4-1-2-7-13(10)11-8-14-9-11/h10-11H,1-9,12H2. The minimum absolute atomic E-state index is 0.720. The van der Waals surface area contributed by atoms with Crippen LogP contribution in [0, 0.1) is 0 Å². The van der Waals surface area contributed by atoms with Gasteiger partial charge in [0.05, 0.1) is 19.3 Å². The number of ether oxygens (including phenoxy) is 1. The lowest BCUT2D eigenvalue weighted by Gasteiger charge is -2.44. The Bertz CT molecular complexity index is 171. The van der Waals surface area contributed by atoms with Gasteiger partial charge in [-0.2, -0.15) is 0 Å². The summed E-state index contributed by atoms with van der Waals surface area (Å²) in [5, 5.41) is 0. The molecule has 0 aromatic heterocycles. The zero-order valence-electron chi connectivity index (χ0n) is 8.95. The highest BCUT2D eigenvalue weighted by molar-refractivity contribution is 4.86. The first-order valence-electron chi connectivity index (χ1n) is 5.95. The molecule has 1 atom stereocenters. The first kappa shape index (κ1) is 10.4. The minimum Gasteiger partial charge on any atom is -0.378 e. The number of nitrogens with zero attached hydrogens (tertiary/aromatic N) is 1. The van der Waals surface area contributed by atoms with Crippen LogP contribution in [0.15, 0.2) is 0 Å². The van der Waals surface area contributed by atoms with Crippen LogP contribution in [0.25, 0.3) is 0 Å². The van der Waals surface area contributed by atoms with Gasteiger partial charge in [-0.15, -0.1) is 0 Å². The highest BCUT2D eigenvalue weighted by Crippen LogP contribution is 2.25. The molecule has 14 heavy (non-hydrogen) atoms. The molecule has 2 fully saturated rings. The molecule has 0 aliphatic carbocycles. The van der Waals surface area contributed by atoms with Gasteiger partial charge in [0.1, 0.15) is 0 Å². The van der Waals surface area contributed by atoms with Crippen molar-refractivity contribution in [2.75, 3.05) is 26.3 Å². The first-order chi connectivity index (χ1) is 6.92. The number of piperidine rings is 1. The Hall–Kier alpha value is -0.120. The normalized spacial score (nSPS) is 30.2. The van der Waals surface area contributed by atoms with Gasteiger partial charge in [0.25, 0.3) is 0 Å². The van der Waals surface area contributed by atoms with Crippen LogP contribution in [0.2, 0.25) is 0 Å². The van der Waals surface area contributed by atoms with Gasteiger partial charge >= 0.3 is 0 Å². The van der Waals surface area contributed by atoms with Crippen molar-refractivity contribution in [1.29, 1.82) is 0 Å². The average molecular weight is 198 g/mol. The zero-order valence-corrected chi connectivity index (χ0v) is 8.95. The monoisotopic (exact) mass is 198 g/mol. The van der Waals surface area contributed by atoms with E-state index >= 15 is 0 Å². The van der Waals surface area contributed by atoms with Gasteiger partial charge in [0.2, 0.25) is 0 Å². The van der Waals surface area contributed by atoms with Crippen LogP contribution in [0.4, 0.5) is 0 Å². The Morgan fingerprint density at radius 1 is 1.29 bits per heavy atom. The molecule has 82 valence electrons. The second-order valence-corrected chi connectivity index (χ2v) is 4.51. The van der Waals surface area contributed by atoms with Crippen LogP contribution in [-0.4, -0.2) is 43.3 Å². The van der Waals surface area contributed by atoms with Crippen LogP contribution in [-0.2, 0) is 4.74 Å². The van der Waals surface area contributed by atoms with Crippen LogP contribution < -0.4 is 5.73 Å². The molecule has 2 rings (SSSR count). The number of likely N-dealkylation sites (tertiary alicyclic amines) is 1. The third-order valence-electron chi connectivity index (χ3n) is 3.50. The molecule has 2 aliphatic heterocycles. The molecule has 0 bridgehead atoms. The van der Waals surface area contributed by atoms with E-state index in [9.17, 15) is 0 Å². The Kier molecular flexibility index (Phi) is 3.79. The van der Waals surface area contributed by atoms with E-state index in [4.69, 9.17) is 10.5 Å². The summed E-state index contributed by atoms with van der Waals surface area (Å²) < 4.78 is 5.27. The highest BCUT2D eigenvalue weighted by Gasteiger charge is 2.32. The number of nitrogens with two attached hydrogens (primary N) is 1. The third-order valence-corrected chi connectivity index (χ3v) is 3.50. The Balaban J connectivity index is 1.82. The van der Waals surface area contributed by atoms with E-state index < -0.39 is 0 Å². The SMILES string of the molecule is NCCCC1CCCCN1C1COC1. The van der Waals surface area contributed by atoms with E-state index in [1.165, 1.54) is 38.6 Å². The molecule has 2 N–H and O–H groups in total. The Morgan fingerprint density at radius 3 is 2.79 bits per heavy atom. The van der Waals surface area contributed by atoms with Gasteiger partial charge in [-0.1, -0.05) is 6.42 Å². The van der Waals surface area contributed by atoms with E-state index in [1.54, 1.807) is 0 Å². The molecule has 0 saturated carbocycles. The van der Waals surface area contributed by atoms with Gasteiger partial charge in [-0.25, -0.2) is 0 Å². The first-order valence-corrected chi connectivity index (χ1v) is 5.95. The van der Waals surface area contributed by atoms with Crippen LogP contribution >= 0.6 is 0 Å². The number of hydrogen-bond donors (Lipinski definition) is 1. The summed E-state index contributed by atoms with van der Waals surface area (Å²) in [7, 11) is 0. The number of hydrogen-bond acceptors (Lipinski definition) is 3. The molecule has 0 aromatic rings. The summed E-state index contributed by atoms with van der Waals surface area (Å²) in [6.07, 6.45) is 6.60. The fourth-order valence-corrected chi connectivity index (χ4v) is 2.58. The molecule has 3 nitrogen and oxygen atoms in total. The summed E-state index contributed by atoms with van der Waals surface area (Å²) in [5.74, 6) is 0. The average Bonchev–Trinajstić information content (AvgIpc) is 2.14. The van der Waals surface area contributed by atoms with Crippen molar-refractivity contribution in [1.82, 2.24) is 4.90 Å². The van der Waals surface area contributed by atoms with Crippen molar-refractivity contribution in [3.05, 3.63) is 0 Å². The fraction of sp³-hybridized carbons (Fsp3) is 1.00. The molecule has 0 amide bonds. The van der Waals surface area contributed by atoms with Crippen LogP contribution in [0.3, 0.4) is 0 Å². The quantitative estimate of drug-likeness (QED) is 0.732. The molecule has 0 spiro atoms. The smallest absolute Gasteiger partial charge is 0.0645 e. The Morgan fingerprint density at radius 2 is 2.14 bits per heavy atom. The lowest BCUT2D eigenvalue weighted by molar-refractivity contribution is -0.0883. The van der Waals surface area contributed by atoms with Gasteiger partial charge in [0.15, 0.2) is 0 Å². The fourth-order valence-electron chi connectivity index (χ4n) is 2.58. The maximum Gasteiger partial charge on any atom is 0.0645 e. The summed E-state index contributed by atoms with van der Waals surface area (Å²) in [6, 6.07) is 1.51. The summed E-state index contributed by atoms with van der Waals surface area (Å²) >= 11 is 0. The molecule has 2 aliphatic rings. The molecule has 0 radical (unpaired) electrons. The second-order valence-electron chi connectivity index (χ2n) is 4.51. The maximum absolute atomic E-state index is 5.57. The van der Waals surface area contributed by atoms with Crippen LogP contribution in [0.5, 0.6) is 0 Å². The Labute approximate surface area is 86.6 Å². The van der Waals surface area contributed by atoms with Crippen LogP contribution in [0.1, 0.15) is 32.1 Å². The van der Waals surface area contributed by atoms with E-state index in [1.807, 2.05) is 0 Å². The van der Waals surface area contributed by atoms with E-state index in [-0.39, 0.29) is 0 Å². The minimum atomic E-state index is 0.720. The predicted molar refractivity (Wildman–Crippen MR) is 57.2 cm³/mol. The van der Waals surface area contributed by atoms with Crippen molar-refractivity contribution >= 4 is 0 Å². The predicted octanol–water partition coefficient (Wildman–Crippen LogP) is 0.979. The second kappa shape index (κ2) is 5.10. The zero-order chi connectivity index (χ0) is 9.80. The molecular weight excluding hydrogens is 176 g/mol. The van der Waals surface area contributed by atoms with Gasteiger partial charge in [-0.3, -0.25) is 4.90 Å². The molecular formula is C11H22N2O. The van der Waals surface area contributed by atoms with Crippen molar-refractivity contribution in [2.45, 2.75) is 44.2 Å². The third kappa shape index (κ3) is 2.27. The lowest BCUT2D eigenvalue weighted by atomic mass is 9.95. The van der Waals surface area contributed by atoms with Gasteiger partial charge < -0.3 is 10.5 Å². The van der Waals surface area contributed by atoms with Gasteiger partial charge in [-0.05, 0) is 38.8 Å². The maximum atomic E-state index is 5.57. The largest absolute Gasteiger partial charge is 0.378 e. The molecule has 2 saturated heterocycles. The van der Waals surface area contributed by atoms with E-state index in [0.717, 1.165) is 31.8 Å². The summed E-state index contributed by atoms with van der Waals surface area (Å²) in [4.78, 5) is 2.67. The van der Waals surface area contributed by atoms with Crippen molar-refractivity contribution in [3.8, 4) is 0 Å². The topological polar surface area (TPSA) is 38.5 Å². The van der Waals surface area contributed by atoms with E-state index in [0.29, 0.717) is 0 Å². The number of rotatable bonds is 4. The lowest BCUT2D eigenvalue weighted by Crippen LogP contribution is -2.55. The molecule has 1 unspecified atom stereocenters. The van der Waals surface area contributed by atoms with Crippen molar-refractivity contribution in [3.63, 3.8) is 0 Å². The summed E-state index contributed by atoms with van der Waals surface area (Å²) in [6.45, 7) is 4.03. The van der Waals surface area contributed by atoms with E-state index in [2.05, 4.69) is 4.90 Å². The van der Waals surface area contributed by atoms with Gasteiger partial charge in [0, 0.05) is 6.04 Å². The highest BCUT2D eigenvalue weighted by atomic mass is 16.5. The van der Waals surface area contributed by atoms with Crippen molar-refractivity contribution in [2.24, 2.45) is 5.73 Å². The molecule has 3 heteroatoms. The molecule has 2 heterocycles.